The van der Waals surface area contributed by atoms with Gasteiger partial charge in [-0.05, 0) is 37.1 Å². The fraction of sp³-hybridized carbons (Fsp3) is 0.200. The molecule has 3 aromatic heterocycles. The second-order valence-corrected chi connectivity index (χ2v) is 5.82. The Kier molecular flexibility index (Phi) is 3.39. The Morgan fingerprint density at radius 2 is 2.05 bits per heavy atom. The van der Waals surface area contributed by atoms with Gasteiger partial charge in [0, 0.05) is 12.4 Å². The number of pyridine rings is 1. The number of aromatic nitrogens is 3. The van der Waals surface area contributed by atoms with Crippen LogP contribution in [0.25, 0.3) is 10.2 Å². The summed E-state index contributed by atoms with van der Waals surface area (Å²) in [4.78, 5) is 33.7. The molecular formula is C15H13N3O2S. The van der Waals surface area contributed by atoms with E-state index in [4.69, 9.17) is 0 Å². The lowest BCUT2D eigenvalue weighted by Crippen LogP contribution is -2.21. The van der Waals surface area contributed by atoms with Crippen molar-refractivity contribution in [3.05, 3.63) is 57.2 Å². The van der Waals surface area contributed by atoms with Gasteiger partial charge in [-0.15, -0.1) is 11.3 Å². The molecule has 0 N–H and O–H groups in total. The van der Waals surface area contributed by atoms with Gasteiger partial charge in [0.25, 0.3) is 5.56 Å². The quantitative estimate of drug-likeness (QED) is 0.697. The van der Waals surface area contributed by atoms with E-state index in [1.54, 1.807) is 23.9 Å². The van der Waals surface area contributed by atoms with E-state index in [2.05, 4.69) is 9.97 Å². The van der Waals surface area contributed by atoms with Crippen molar-refractivity contribution in [3.63, 3.8) is 0 Å². The molecule has 5 nitrogen and oxygen atoms in total. The number of ketones is 1. The van der Waals surface area contributed by atoms with Crippen LogP contribution in [0.2, 0.25) is 0 Å². The summed E-state index contributed by atoms with van der Waals surface area (Å²) in [5.74, 6) is -0.0319. The molecule has 21 heavy (non-hydrogen) atoms. The molecule has 0 radical (unpaired) electrons. The van der Waals surface area contributed by atoms with Crippen LogP contribution in [0.5, 0.6) is 0 Å². The number of fused-ring (bicyclic) bond motifs is 1. The van der Waals surface area contributed by atoms with Gasteiger partial charge >= 0.3 is 0 Å². The summed E-state index contributed by atoms with van der Waals surface area (Å²) in [6, 6.07) is 3.72. The van der Waals surface area contributed by atoms with Crippen LogP contribution in [0.1, 0.15) is 27.7 Å². The monoisotopic (exact) mass is 299 g/mol. The normalized spacial score (nSPS) is 11.0. The van der Waals surface area contributed by atoms with E-state index in [1.807, 2.05) is 12.1 Å². The van der Waals surface area contributed by atoms with E-state index in [-0.39, 0.29) is 11.3 Å². The van der Waals surface area contributed by atoms with Gasteiger partial charge in [0.1, 0.15) is 4.83 Å². The zero-order valence-corrected chi connectivity index (χ0v) is 12.5. The number of carbonyl (C=O) groups is 1. The van der Waals surface area contributed by atoms with Crippen molar-refractivity contribution in [2.75, 3.05) is 0 Å². The smallest absolute Gasteiger partial charge is 0.262 e. The van der Waals surface area contributed by atoms with E-state index < -0.39 is 0 Å². The van der Waals surface area contributed by atoms with Crippen molar-refractivity contribution in [1.82, 2.24) is 14.5 Å². The average molecular weight is 299 g/mol. The van der Waals surface area contributed by atoms with Crippen molar-refractivity contribution in [2.24, 2.45) is 0 Å². The molecular weight excluding hydrogens is 286 g/mol. The molecule has 0 aromatic carbocycles. The molecule has 6 heteroatoms. The molecule has 0 saturated carbocycles. The molecule has 0 bridgehead atoms. The maximum absolute atomic E-state index is 12.6. The number of Topliss-reactive ketones (excluding diaryl/α,β-unsaturated/α-hetero) is 1. The molecule has 0 atom stereocenters. The van der Waals surface area contributed by atoms with Gasteiger partial charge in [0.15, 0.2) is 5.78 Å². The number of hydrogen-bond donors (Lipinski definition) is 0. The molecule has 0 aliphatic heterocycles. The minimum Gasteiger partial charge on any atom is -0.294 e. The standard InChI is InChI=1S/C15H13N3O2S/c1-9-12-14(21-13(9)10(2)19)17-8-18(15(12)20)7-11-3-5-16-6-4-11/h3-6,8H,7H2,1-2H3. The van der Waals surface area contributed by atoms with E-state index in [0.29, 0.717) is 21.6 Å². The van der Waals surface area contributed by atoms with Crippen LogP contribution in [-0.2, 0) is 6.54 Å². The minimum atomic E-state index is -0.113. The largest absolute Gasteiger partial charge is 0.294 e. The summed E-state index contributed by atoms with van der Waals surface area (Å²) >= 11 is 1.28. The van der Waals surface area contributed by atoms with Crippen LogP contribution < -0.4 is 5.56 Å². The summed E-state index contributed by atoms with van der Waals surface area (Å²) in [6.45, 7) is 3.75. The van der Waals surface area contributed by atoms with E-state index in [9.17, 15) is 9.59 Å². The van der Waals surface area contributed by atoms with Crippen LogP contribution in [0.15, 0.2) is 35.6 Å². The van der Waals surface area contributed by atoms with Crippen molar-refractivity contribution >= 4 is 27.3 Å². The Labute approximate surface area is 124 Å². The van der Waals surface area contributed by atoms with E-state index >= 15 is 0 Å². The Hall–Kier alpha value is -2.34. The lowest BCUT2D eigenvalue weighted by atomic mass is 10.2. The lowest BCUT2D eigenvalue weighted by molar-refractivity contribution is 0.102. The summed E-state index contributed by atoms with van der Waals surface area (Å²) < 4.78 is 1.56. The molecule has 0 amide bonds. The van der Waals surface area contributed by atoms with Crippen LogP contribution in [0.3, 0.4) is 0 Å². The molecule has 0 spiro atoms. The van der Waals surface area contributed by atoms with Gasteiger partial charge in [-0.1, -0.05) is 0 Å². The van der Waals surface area contributed by atoms with Crippen LogP contribution in [-0.4, -0.2) is 20.3 Å². The fourth-order valence-electron chi connectivity index (χ4n) is 2.29. The van der Waals surface area contributed by atoms with Crippen molar-refractivity contribution in [3.8, 4) is 0 Å². The Bertz CT molecular complexity index is 881. The number of nitrogens with zero attached hydrogens (tertiary/aromatic N) is 3. The molecule has 0 aliphatic carbocycles. The van der Waals surface area contributed by atoms with E-state index in [0.717, 1.165) is 11.1 Å². The Morgan fingerprint density at radius 3 is 2.71 bits per heavy atom. The summed E-state index contributed by atoms with van der Waals surface area (Å²) in [5, 5.41) is 0.543. The number of aryl methyl sites for hydroxylation is 1. The third kappa shape index (κ3) is 2.38. The molecule has 0 unspecified atom stereocenters. The predicted molar refractivity (Wildman–Crippen MR) is 82.0 cm³/mol. The van der Waals surface area contributed by atoms with Crippen LogP contribution in [0, 0.1) is 6.92 Å². The topological polar surface area (TPSA) is 64.8 Å². The Balaban J connectivity index is 2.14. The van der Waals surface area contributed by atoms with Gasteiger partial charge in [0.2, 0.25) is 0 Å². The van der Waals surface area contributed by atoms with Gasteiger partial charge in [0.05, 0.1) is 23.1 Å². The number of thiophene rings is 1. The molecule has 106 valence electrons. The number of carbonyl (C=O) groups excluding carboxylic acids is 1. The zero-order valence-electron chi connectivity index (χ0n) is 11.7. The van der Waals surface area contributed by atoms with E-state index in [1.165, 1.54) is 24.6 Å². The number of hydrogen-bond acceptors (Lipinski definition) is 5. The first-order valence-electron chi connectivity index (χ1n) is 6.46. The highest BCUT2D eigenvalue weighted by atomic mass is 32.1. The van der Waals surface area contributed by atoms with Gasteiger partial charge in [-0.25, -0.2) is 4.98 Å². The Morgan fingerprint density at radius 1 is 1.33 bits per heavy atom. The van der Waals surface area contributed by atoms with Crippen LogP contribution >= 0.6 is 11.3 Å². The minimum absolute atomic E-state index is 0.0319. The third-order valence-electron chi connectivity index (χ3n) is 3.34. The zero-order chi connectivity index (χ0) is 15.0. The molecule has 3 heterocycles. The first-order valence-corrected chi connectivity index (χ1v) is 7.28. The molecule has 0 aliphatic rings. The second kappa shape index (κ2) is 5.21. The SMILES string of the molecule is CC(=O)c1sc2ncn(Cc3ccncc3)c(=O)c2c1C. The molecule has 3 aromatic rings. The number of rotatable bonds is 3. The van der Waals surface area contributed by atoms with Gasteiger partial charge in [-0.2, -0.15) is 0 Å². The first-order chi connectivity index (χ1) is 10.1. The van der Waals surface area contributed by atoms with Gasteiger partial charge in [-0.3, -0.25) is 19.1 Å². The average Bonchev–Trinajstić information content (AvgIpc) is 2.81. The maximum atomic E-state index is 12.6. The summed E-state index contributed by atoms with van der Waals surface area (Å²) in [6.07, 6.45) is 4.91. The summed E-state index contributed by atoms with van der Waals surface area (Å²) in [7, 11) is 0. The molecule has 0 saturated heterocycles. The summed E-state index contributed by atoms with van der Waals surface area (Å²) in [5.41, 5.74) is 1.59. The van der Waals surface area contributed by atoms with Crippen molar-refractivity contribution < 1.29 is 4.79 Å². The molecule has 3 rings (SSSR count). The van der Waals surface area contributed by atoms with Crippen LogP contribution in [0.4, 0.5) is 0 Å². The third-order valence-corrected chi connectivity index (χ3v) is 4.64. The highest BCUT2D eigenvalue weighted by Crippen LogP contribution is 2.26. The highest BCUT2D eigenvalue weighted by Gasteiger charge is 2.16. The second-order valence-electron chi connectivity index (χ2n) is 4.83. The van der Waals surface area contributed by atoms with Gasteiger partial charge < -0.3 is 0 Å². The predicted octanol–water partition coefficient (Wildman–Crippen LogP) is 2.41. The highest BCUT2D eigenvalue weighted by molar-refractivity contribution is 7.20. The first kappa shape index (κ1) is 13.6. The molecule has 0 fully saturated rings. The van der Waals surface area contributed by atoms with Crippen molar-refractivity contribution in [1.29, 1.82) is 0 Å². The fourth-order valence-corrected chi connectivity index (χ4v) is 3.33. The lowest BCUT2D eigenvalue weighted by Gasteiger charge is -2.05. The van der Waals surface area contributed by atoms with Crippen molar-refractivity contribution in [2.45, 2.75) is 20.4 Å². The maximum Gasteiger partial charge on any atom is 0.262 e.